The van der Waals surface area contributed by atoms with Crippen molar-refractivity contribution in [3.8, 4) is 0 Å². The monoisotopic (exact) mass is 204 g/mol. The maximum absolute atomic E-state index is 6.09. The first-order valence-electron chi connectivity index (χ1n) is 5.28. The number of aryl methyl sites for hydroxylation is 1. The number of pyridine rings is 1. The highest BCUT2D eigenvalue weighted by atomic mass is 16.5. The van der Waals surface area contributed by atoms with Crippen molar-refractivity contribution in [1.82, 2.24) is 4.98 Å². The highest BCUT2D eigenvalue weighted by molar-refractivity contribution is 5.24. The van der Waals surface area contributed by atoms with E-state index in [0.717, 1.165) is 36.5 Å². The standard InChI is InChI=1S/C12H16N2O/c1-9-5-6-10(8-14-9)12(13)11-4-2-3-7-15-11/h4-6,8,12H,2-3,7,13H2,1H3. The van der Waals surface area contributed by atoms with Gasteiger partial charge in [0.25, 0.3) is 0 Å². The first kappa shape index (κ1) is 10.2. The van der Waals surface area contributed by atoms with Crippen molar-refractivity contribution in [2.24, 2.45) is 5.73 Å². The Bertz CT molecular complexity index is 356. The van der Waals surface area contributed by atoms with E-state index in [-0.39, 0.29) is 6.04 Å². The zero-order valence-corrected chi connectivity index (χ0v) is 8.94. The van der Waals surface area contributed by atoms with Crippen LogP contribution in [0.15, 0.2) is 30.2 Å². The number of nitrogens with zero attached hydrogens (tertiary/aromatic N) is 1. The predicted octanol–water partition coefficient (Wildman–Crippen LogP) is 2.08. The van der Waals surface area contributed by atoms with Crippen LogP contribution in [0.2, 0.25) is 0 Å². The van der Waals surface area contributed by atoms with Crippen molar-refractivity contribution in [1.29, 1.82) is 0 Å². The van der Waals surface area contributed by atoms with Crippen LogP contribution in [0.3, 0.4) is 0 Å². The average molecular weight is 204 g/mol. The fourth-order valence-corrected chi connectivity index (χ4v) is 1.62. The van der Waals surface area contributed by atoms with E-state index < -0.39 is 0 Å². The van der Waals surface area contributed by atoms with Gasteiger partial charge in [0.05, 0.1) is 12.6 Å². The fourth-order valence-electron chi connectivity index (χ4n) is 1.62. The van der Waals surface area contributed by atoms with E-state index in [2.05, 4.69) is 11.1 Å². The van der Waals surface area contributed by atoms with Crippen molar-refractivity contribution in [2.45, 2.75) is 25.8 Å². The zero-order valence-electron chi connectivity index (χ0n) is 8.94. The third-order valence-corrected chi connectivity index (χ3v) is 2.56. The molecule has 0 aliphatic carbocycles. The second-order valence-corrected chi connectivity index (χ2v) is 3.81. The van der Waals surface area contributed by atoms with Gasteiger partial charge in [0.1, 0.15) is 5.76 Å². The third kappa shape index (κ3) is 2.36. The lowest BCUT2D eigenvalue weighted by Gasteiger charge is -2.20. The summed E-state index contributed by atoms with van der Waals surface area (Å²) in [5, 5.41) is 0. The molecular formula is C12H16N2O. The molecule has 0 spiro atoms. The summed E-state index contributed by atoms with van der Waals surface area (Å²) in [6.45, 7) is 2.74. The van der Waals surface area contributed by atoms with Crippen molar-refractivity contribution >= 4 is 0 Å². The van der Waals surface area contributed by atoms with E-state index in [1.54, 1.807) is 0 Å². The van der Waals surface area contributed by atoms with Crippen LogP contribution in [0.1, 0.15) is 30.1 Å². The van der Waals surface area contributed by atoms with Gasteiger partial charge in [-0.3, -0.25) is 4.98 Å². The topological polar surface area (TPSA) is 48.1 Å². The smallest absolute Gasteiger partial charge is 0.113 e. The quantitative estimate of drug-likeness (QED) is 0.802. The zero-order chi connectivity index (χ0) is 10.7. The fraction of sp³-hybridized carbons (Fsp3) is 0.417. The van der Waals surface area contributed by atoms with E-state index in [1.165, 1.54) is 0 Å². The largest absolute Gasteiger partial charge is 0.496 e. The van der Waals surface area contributed by atoms with Crippen LogP contribution in [0.25, 0.3) is 0 Å². The molecular weight excluding hydrogens is 188 g/mol. The maximum atomic E-state index is 6.09. The molecule has 1 aliphatic heterocycles. The number of ether oxygens (including phenoxy) is 1. The molecule has 0 saturated heterocycles. The van der Waals surface area contributed by atoms with E-state index >= 15 is 0 Å². The van der Waals surface area contributed by atoms with Crippen molar-refractivity contribution in [3.63, 3.8) is 0 Å². The highest BCUT2D eigenvalue weighted by Crippen LogP contribution is 2.23. The molecule has 0 radical (unpaired) electrons. The molecule has 80 valence electrons. The Hall–Kier alpha value is -1.35. The number of rotatable bonds is 2. The van der Waals surface area contributed by atoms with Crippen LogP contribution in [0, 0.1) is 6.92 Å². The molecule has 3 heteroatoms. The Balaban J connectivity index is 2.16. The Labute approximate surface area is 90.0 Å². The number of allylic oxidation sites excluding steroid dienone is 1. The van der Waals surface area contributed by atoms with Gasteiger partial charge in [0.2, 0.25) is 0 Å². The SMILES string of the molecule is Cc1ccc(C(N)C2=CCCCO2)cn1. The van der Waals surface area contributed by atoms with Gasteiger partial charge in [0, 0.05) is 11.9 Å². The molecule has 0 amide bonds. The van der Waals surface area contributed by atoms with Crippen LogP contribution in [0.5, 0.6) is 0 Å². The summed E-state index contributed by atoms with van der Waals surface area (Å²) in [6, 6.07) is 3.81. The minimum Gasteiger partial charge on any atom is -0.496 e. The molecule has 1 atom stereocenters. The third-order valence-electron chi connectivity index (χ3n) is 2.56. The minimum absolute atomic E-state index is 0.168. The lowest BCUT2D eigenvalue weighted by Crippen LogP contribution is -2.18. The number of hydrogen-bond donors (Lipinski definition) is 1. The molecule has 2 rings (SSSR count). The van der Waals surface area contributed by atoms with Crippen molar-refractivity contribution in [3.05, 3.63) is 41.4 Å². The highest BCUT2D eigenvalue weighted by Gasteiger charge is 2.15. The van der Waals surface area contributed by atoms with E-state index in [9.17, 15) is 0 Å². The van der Waals surface area contributed by atoms with Gasteiger partial charge in [-0.15, -0.1) is 0 Å². The second kappa shape index (κ2) is 4.45. The van der Waals surface area contributed by atoms with Crippen LogP contribution in [-0.4, -0.2) is 11.6 Å². The molecule has 15 heavy (non-hydrogen) atoms. The molecule has 0 fully saturated rings. The average Bonchev–Trinajstić information content (AvgIpc) is 2.30. The van der Waals surface area contributed by atoms with Gasteiger partial charge in [-0.05, 0) is 37.5 Å². The van der Waals surface area contributed by atoms with Gasteiger partial charge in [-0.2, -0.15) is 0 Å². The molecule has 1 unspecified atom stereocenters. The van der Waals surface area contributed by atoms with Gasteiger partial charge in [-0.1, -0.05) is 6.07 Å². The van der Waals surface area contributed by atoms with Crippen LogP contribution >= 0.6 is 0 Å². The molecule has 1 aromatic heterocycles. The summed E-state index contributed by atoms with van der Waals surface area (Å²) in [5.41, 5.74) is 8.10. The van der Waals surface area contributed by atoms with E-state index in [4.69, 9.17) is 10.5 Å². The Kier molecular flexibility index (Phi) is 3.02. The lowest BCUT2D eigenvalue weighted by molar-refractivity contribution is 0.176. The maximum Gasteiger partial charge on any atom is 0.113 e. The van der Waals surface area contributed by atoms with Gasteiger partial charge in [-0.25, -0.2) is 0 Å². The van der Waals surface area contributed by atoms with Gasteiger partial charge >= 0.3 is 0 Å². The number of hydrogen-bond acceptors (Lipinski definition) is 3. The lowest BCUT2D eigenvalue weighted by atomic mass is 10.1. The number of aromatic nitrogens is 1. The predicted molar refractivity (Wildman–Crippen MR) is 59.2 cm³/mol. The molecule has 2 N–H and O–H groups in total. The summed E-state index contributed by atoms with van der Waals surface area (Å²) in [5.74, 6) is 0.881. The Morgan fingerprint density at radius 1 is 1.47 bits per heavy atom. The van der Waals surface area contributed by atoms with Crippen molar-refractivity contribution < 1.29 is 4.74 Å². The Morgan fingerprint density at radius 3 is 2.93 bits per heavy atom. The Morgan fingerprint density at radius 2 is 2.33 bits per heavy atom. The summed E-state index contributed by atoms with van der Waals surface area (Å²) < 4.78 is 5.53. The van der Waals surface area contributed by atoms with Crippen LogP contribution < -0.4 is 5.73 Å². The summed E-state index contributed by atoms with van der Waals surface area (Å²) in [4.78, 5) is 4.23. The van der Waals surface area contributed by atoms with E-state index in [0.29, 0.717) is 0 Å². The summed E-state index contributed by atoms with van der Waals surface area (Å²) in [6.07, 6.45) is 6.04. The number of nitrogens with two attached hydrogens (primary N) is 1. The molecule has 3 nitrogen and oxygen atoms in total. The summed E-state index contributed by atoms with van der Waals surface area (Å²) in [7, 11) is 0. The molecule has 0 saturated carbocycles. The molecule has 0 bridgehead atoms. The minimum atomic E-state index is -0.168. The molecule has 0 aromatic carbocycles. The van der Waals surface area contributed by atoms with Gasteiger partial charge in [0.15, 0.2) is 0 Å². The molecule has 2 heterocycles. The van der Waals surface area contributed by atoms with Crippen LogP contribution in [0.4, 0.5) is 0 Å². The second-order valence-electron chi connectivity index (χ2n) is 3.81. The first-order valence-corrected chi connectivity index (χ1v) is 5.28. The normalized spacial score (nSPS) is 17.9. The van der Waals surface area contributed by atoms with Gasteiger partial charge < -0.3 is 10.5 Å². The van der Waals surface area contributed by atoms with Crippen LogP contribution in [-0.2, 0) is 4.74 Å². The summed E-state index contributed by atoms with van der Waals surface area (Å²) >= 11 is 0. The molecule has 1 aliphatic rings. The van der Waals surface area contributed by atoms with Crippen molar-refractivity contribution in [2.75, 3.05) is 6.61 Å². The molecule has 1 aromatic rings. The van der Waals surface area contributed by atoms with E-state index in [1.807, 2.05) is 25.3 Å². The first-order chi connectivity index (χ1) is 7.27.